The van der Waals surface area contributed by atoms with Gasteiger partial charge in [0.15, 0.2) is 5.78 Å². The maximum Gasteiger partial charge on any atom is 0.192 e. The Morgan fingerprint density at radius 1 is 1.50 bits per heavy atom. The minimum absolute atomic E-state index is 0.0784. The van der Waals surface area contributed by atoms with Gasteiger partial charge in [-0.3, -0.25) is 9.69 Å². The lowest BCUT2D eigenvalue weighted by atomic mass is 10.1. The van der Waals surface area contributed by atoms with Gasteiger partial charge in [0.2, 0.25) is 0 Å². The van der Waals surface area contributed by atoms with E-state index in [1.165, 1.54) is 0 Å². The van der Waals surface area contributed by atoms with Crippen molar-refractivity contribution in [2.75, 3.05) is 19.6 Å². The fourth-order valence-corrected chi connectivity index (χ4v) is 1.62. The van der Waals surface area contributed by atoms with Crippen LogP contribution in [0.2, 0.25) is 0 Å². The van der Waals surface area contributed by atoms with Crippen molar-refractivity contribution in [3.05, 3.63) is 11.8 Å². The number of ketones is 1. The molecule has 0 unspecified atom stereocenters. The highest BCUT2D eigenvalue weighted by atomic mass is 79.9. The molecule has 0 aromatic rings. The van der Waals surface area contributed by atoms with Crippen molar-refractivity contribution < 1.29 is 4.79 Å². The van der Waals surface area contributed by atoms with E-state index in [1.807, 2.05) is 0 Å². The van der Waals surface area contributed by atoms with Crippen molar-refractivity contribution >= 4 is 26.3 Å². The molecule has 4 heteroatoms. The number of likely N-dealkylation sites (N-methyl/N-ethyl adjacent to an activating group) is 1. The van der Waals surface area contributed by atoms with Gasteiger partial charge in [0.1, 0.15) is 4.62 Å². The first-order valence-electron chi connectivity index (χ1n) is 4.84. The average Bonchev–Trinajstić information content (AvgIpc) is 2.19. The number of hydrogen-bond donors (Lipinski definition) is 0. The van der Waals surface area contributed by atoms with Gasteiger partial charge in [0, 0.05) is 19.2 Å². The second-order valence-electron chi connectivity index (χ2n) is 3.27. The van der Waals surface area contributed by atoms with Crippen LogP contribution in [0.5, 0.6) is 0 Å². The predicted molar refractivity (Wildman–Crippen MR) is 61.9 cm³/mol. The summed E-state index contributed by atoms with van der Waals surface area (Å²) in [6.07, 6.45) is 2.30. The van der Waals surface area contributed by atoms with E-state index in [9.17, 15) is 4.79 Å². The van der Waals surface area contributed by atoms with Crippen molar-refractivity contribution in [1.82, 2.24) is 4.90 Å². The minimum Gasteiger partial charge on any atom is -0.300 e. The smallest absolute Gasteiger partial charge is 0.192 e. The third-order valence-electron chi connectivity index (χ3n) is 2.30. The van der Waals surface area contributed by atoms with Gasteiger partial charge in [-0.15, -0.1) is 0 Å². The quantitative estimate of drug-likeness (QED) is 0.773. The Morgan fingerprint density at radius 3 is 2.64 bits per heavy atom. The van der Waals surface area contributed by atoms with Crippen molar-refractivity contribution in [3.8, 4) is 0 Å². The standard InChI is InChI=1S/C10H15BrN2O/c1-3-13(4-2)7-8-5-9(14)10(11)12-6-8/h6H,3-5,7H2,1-2H3. The van der Waals surface area contributed by atoms with Crippen LogP contribution in [0.4, 0.5) is 0 Å². The number of aliphatic imine (C=N–C) groups is 1. The summed E-state index contributed by atoms with van der Waals surface area (Å²) in [7, 11) is 0. The largest absolute Gasteiger partial charge is 0.300 e. The molecule has 1 aliphatic rings. The normalized spacial score (nSPS) is 17.0. The van der Waals surface area contributed by atoms with Crippen LogP contribution in [0.25, 0.3) is 0 Å². The monoisotopic (exact) mass is 258 g/mol. The predicted octanol–water partition coefficient (Wildman–Crippen LogP) is 1.98. The summed E-state index contributed by atoms with van der Waals surface area (Å²) in [4.78, 5) is 17.6. The molecule has 0 radical (unpaired) electrons. The third-order valence-corrected chi connectivity index (χ3v) is 2.95. The minimum atomic E-state index is 0.0784. The van der Waals surface area contributed by atoms with Crippen LogP contribution in [0, 0.1) is 0 Å². The van der Waals surface area contributed by atoms with E-state index < -0.39 is 0 Å². The van der Waals surface area contributed by atoms with Crippen molar-refractivity contribution in [2.24, 2.45) is 4.99 Å². The van der Waals surface area contributed by atoms with Crippen LogP contribution < -0.4 is 0 Å². The number of nitrogens with zero attached hydrogens (tertiary/aromatic N) is 2. The molecule has 1 heterocycles. The summed E-state index contributed by atoms with van der Waals surface area (Å²) < 4.78 is 0.445. The maximum atomic E-state index is 11.3. The van der Waals surface area contributed by atoms with Crippen LogP contribution in [-0.2, 0) is 4.79 Å². The Balaban J connectivity index is 2.58. The summed E-state index contributed by atoms with van der Waals surface area (Å²) >= 11 is 3.12. The number of carbonyl (C=O) groups excluding carboxylic acids is 1. The molecule has 0 bridgehead atoms. The second-order valence-corrected chi connectivity index (χ2v) is 4.02. The molecule has 3 nitrogen and oxygen atoms in total. The Morgan fingerprint density at radius 2 is 2.14 bits per heavy atom. The molecular formula is C10H15BrN2O. The molecule has 0 aliphatic carbocycles. The average molecular weight is 259 g/mol. The highest BCUT2D eigenvalue weighted by Gasteiger charge is 2.16. The number of hydrogen-bond acceptors (Lipinski definition) is 3. The molecule has 0 saturated heterocycles. The van der Waals surface area contributed by atoms with Crippen LogP contribution in [0.15, 0.2) is 16.8 Å². The van der Waals surface area contributed by atoms with Crippen molar-refractivity contribution in [1.29, 1.82) is 0 Å². The Kier molecular flexibility index (Phi) is 4.48. The highest BCUT2D eigenvalue weighted by molar-refractivity contribution is 9.19. The molecule has 78 valence electrons. The molecule has 0 atom stereocenters. The van der Waals surface area contributed by atoms with Gasteiger partial charge < -0.3 is 0 Å². The zero-order valence-electron chi connectivity index (χ0n) is 8.59. The molecule has 0 N–H and O–H groups in total. The van der Waals surface area contributed by atoms with E-state index in [1.54, 1.807) is 6.20 Å². The molecule has 0 amide bonds. The lowest BCUT2D eigenvalue weighted by Gasteiger charge is -2.20. The topological polar surface area (TPSA) is 32.7 Å². The van der Waals surface area contributed by atoms with Gasteiger partial charge in [-0.1, -0.05) is 13.8 Å². The summed E-state index contributed by atoms with van der Waals surface area (Å²) in [5, 5.41) is 0. The second kappa shape index (κ2) is 5.41. The van der Waals surface area contributed by atoms with E-state index in [0.29, 0.717) is 11.0 Å². The van der Waals surface area contributed by atoms with Gasteiger partial charge in [0.05, 0.1) is 0 Å². The molecular weight excluding hydrogens is 244 g/mol. The van der Waals surface area contributed by atoms with Crippen molar-refractivity contribution in [2.45, 2.75) is 20.3 Å². The summed E-state index contributed by atoms with van der Waals surface area (Å²) in [5.74, 6) is 0.0784. The third kappa shape index (κ3) is 3.03. The lowest BCUT2D eigenvalue weighted by molar-refractivity contribution is -0.112. The molecule has 0 spiro atoms. The first-order valence-corrected chi connectivity index (χ1v) is 5.63. The molecule has 1 rings (SSSR count). The molecule has 14 heavy (non-hydrogen) atoms. The number of halogens is 1. The zero-order chi connectivity index (χ0) is 10.6. The number of rotatable bonds is 4. The van der Waals surface area contributed by atoms with Crippen molar-refractivity contribution in [3.63, 3.8) is 0 Å². The Hall–Kier alpha value is -0.480. The first kappa shape index (κ1) is 11.6. The summed E-state index contributed by atoms with van der Waals surface area (Å²) in [6.45, 7) is 7.10. The summed E-state index contributed by atoms with van der Waals surface area (Å²) in [5.41, 5.74) is 1.10. The van der Waals surface area contributed by atoms with Crippen LogP contribution in [0.3, 0.4) is 0 Å². The number of carbonyl (C=O) groups is 1. The lowest BCUT2D eigenvalue weighted by Crippen LogP contribution is -2.27. The molecule has 0 aromatic carbocycles. The van der Waals surface area contributed by atoms with Crippen LogP contribution in [-0.4, -0.2) is 34.9 Å². The molecule has 0 aromatic heterocycles. The van der Waals surface area contributed by atoms with E-state index in [0.717, 1.165) is 25.2 Å². The molecule has 1 aliphatic heterocycles. The van der Waals surface area contributed by atoms with E-state index in [2.05, 4.69) is 39.7 Å². The van der Waals surface area contributed by atoms with E-state index in [-0.39, 0.29) is 5.78 Å². The van der Waals surface area contributed by atoms with Gasteiger partial charge in [-0.25, -0.2) is 4.99 Å². The van der Waals surface area contributed by atoms with Gasteiger partial charge in [-0.2, -0.15) is 0 Å². The Labute approximate surface area is 93.0 Å². The summed E-state index contributed by atoms with van der Waals surface area (Å²) in [6, 6.07) is 0. The zero-order valence-corrected chi connectivity index (χ0v) is 10.2. The fourth-order valence-electron chi connectivity index (χ4n) is 1.38. The van der Waals surface area contributed by atoms with Crippen LogP contribution >= 0.6 is 15.9 Å². The highest BCUT2D eigenvalue weighted by Crippen LogP contribution is 2.13. The maximum absolute atomic E-state index is 11.3. The SMILES string of the molecule is CCN(CC)CC1=CN=C(Br)C(=O)C1. The van der Waals surface area contributed by atoms with E-state index >= 15 is 0 Å². The van der Waals surface area contributed by atoms with E-state index in [4.69, 9.17) is 0 Å². The van der Waals surface area contributed by atoms with Gasteiger partial charge in [-0.05, 0) is 34.6 Å². The number of Topliss-reactive ketones (excluding diaryl/α,β-unsaturated/α-hetero) is 1. The van der Waals surface area contributed by atoms with Crippen LogP contribution in [0.1, 0.15) is 20.3 Å². The molecule has 0 saturated carbocycles. The first-order chi connectivity index (χ1) is 6.67. The Bertz CT molecular complexity index is 280. The molecule has 0 fully saturated rings. The van der Waals surface area contributed by atoms with Gasteiger partial charge in [0.25, 0.3) is 0 Å². The fraction of sp³-hybridized carbons (Fsp3) is 0.600. The van der Waals surface area contributed by atoms with Gasteiger partial charge >= 0.3 is 0 Å².